The maximum Gasteiger partial charge on any atom is 0.0661 e. The summed E-state index contributed by atoms with van der Waals surface area (Å²) in [6.45, 7) is 10.6. The molecule has 0 amide bonds. The number of ether oxygens (including phenoxy) is 1. The molecule has 0 aromatic rings. The summed E-state index contributed by atoms with van der Waals surface area (Å²) in [6, 6.07) is 0. The Morgan fingerprint density at radius 2 is 2.18 bits per heavy atom. The Morgan fingerprint density at radius 1 is 1.47 bits per heavy atom. The zero-order chi connectivity index (χ0) is 12.9. The molecule has 3 heteroatoms. The van der Waals surface area contributed by atoms with Crippen LogP contribution >= 0.6 is 0 Å². The van der Waals surface area contributed by atoms with Crippen LogP contribution in [-0.4, -0.2) is 43.8 Å². The standard InChI is InChI=1S/C14H30N2O/c1-5-13-7-6-8-16(9-13)14(10-15,11-17-4)12(2)3/h12-13H,5-11,15H2,1-4H3. The van der Waals surface area contributed by atoms with Gasteiger partial charge in [0.05, 0.1) is 12.1 Å². The monoisotopic (exact) mass is 242 g/mol. The Hall–Kier alpha value is -0.120. The third-order valence-corrected chi connectivity index (χ3v) is 4.55. The van der Waals surface area contributed by atoms with Gasteiger partial charge in [0.1, 0.15) is 0 Å². The molecular weight excluding hydrogens is 212 g/mol. The second-order valence-electron chi connectivity index (χ2n) is 5.76. The molecule has 0 spiro atoms. The minimum absolute atomic E-state index is 0.0303. The topological polar surface area (TPSA) is 38.5 Å². The van der Waals surface area contributed by atoms with Crippen molar-refractivity contribution in [2.24, 2.45) is 17.6 Å². The Bertz CT molecular complexity index is 220. The van der Waals surface area contributed by atoms with E-state index in [2.05, 4.69) is 25.7 Å². The summed E-state index contributed by atoms with van der Waals surface area (Å²) in [5.41, 5.74) is 6.12. The normalized spacial score (nSPS) is 26.1. The Morgan fingerprint density at radius 3 is 2.65 bits per heavy atom. The average Bonchev–Trinajstić information content (AvgIpc) is 2.35. The van der Waals surface area contributed by atoms with Gasteiger partial charge in [-0.05, 0) is 31.2 Å². The van der Waals surface area contributed by atoms with Gasteiger partial charge in [0, 0.05) is 20.2 Å². The van der Waals surface area contributed by atoms with E-state index < -0.39 is 0 Å². The second-order valence-corrected chi connectivity index (χ2v) is 5.76. The quantitative estimate of drug-likeness (QED) is 0.775. The van der Waals surface area contributed by atoms with Crippen LogP contribution in [0.4, 0.5) is 0 Å². The van der Waals surface area contributed by atoms with Crippen LogP contribution in [0.15, 0.2) is 0 Å². The van der Waals surface area contributed by atoms with Crippen molar-refractivity contribution in [2.75, 3.05) is 33.4 Å². The van der Waals surface area contributed by atoms with Crippen LogP contribution in [0.25, 0.3) is 0 Å². The number of nitrogens with two attached hydrogens (primary N) is 1. The summed E-state index contributed by atoms with van der Waals surface area (Å²) in [5, 5.41) is 0. The summed E-state index contributed by atoms with van der Waals surface area (Å²) in [6.07, 6.45) is 3.96. The van der Waals surface area contributed by atoms with E-state index in [9.17, 15) is 0 Å². The summed E-state index contributed by atoms with van der Waals surface area (Å²) in [5.74, 6) is 1.37. The molecular formula is C14H30N2O. The molecule has 1 saturated heterocycles. The first-order chi connectivity index (χ1) is 8.10. The molecule has 3 nitrogen and oxygen atoms in total. The van der Waals surface area contributed by atoms with E-state index in [0.717, 1.165) is 12.5 Å². The van der Waals surface area contributed by atoms with Crippen molar-refractivity contribution in [3.8, 4) is 0 Å². The SMILES string of the molecule is CCC1CCCN(C(CN)(COC)C(C)C)C1. The first-order valence-electron chi connectivity index (χ1n) is 7.04. The molecule has 17 heavy (non-hydrogen) atoms. The lowest BCUT2D eigenvalue weighted by Crippen LogP contribution is -2.62. The van der Waals surface area contributed by atoms with Crippen molar-refractivity contribution in [1.82, 2.24) is 4.90 Å². The number of likely N-dealkylation sites (tertiary alicyclic amines) is 1. The third-order valence-electron chi connectivity index (χ3n) is 4.55. The van der Waals surface area contributed by atoms with Crippen molar-refractivity contribution in [1.29, 1.82) is 0 Å². The van der Waals surface area contributed by atoms with Crippen LogP contribution < -0.4 is 5.73 Å². The van der Waals surface area contributed by atoms with Crippen molar-refractivity contribution < 1.29 is 4.74 Å². The number of methoxy groups -OCH3 is 1. The van der Waals surface area contributed by atoms with Gasteiger partial charge in [-0.3, -0.25) is 4.90 Å². The van der Waals surface area contributed by atoms with Crippen LogP contribution in [0, 0.1) is 11.8 Å². The highest BCUT2D eigenvalue weighted by Crippen LogP contribution is 2.30. The molecule has 1 aliphatic heterocycles. The molecule has 1 aliphatic rings. The van der Waals surface area contributed by atoms with Crippen molar-refractivity contribution in [3.05, 3.63) is 0 Å². The molecule has 1 rings (SSSR count). The average molecular weight is 242 g/mol. The minimum atomic E-state index is 0.0303. The van der Waals surface area contributed by atoms with Gasteiger partial charge < -0.3 is 10.5 Å². The van der Waals surface area contributed by atoms with Crippen LogP contribution in [0.1, 0.15) is 40.0 Å². The van der Waals surface area contributed by atoms with E-state index >= 15 is 0 Å². The van der Waals surface area contributed by atoms with Crippen molar-refractivity contribution >= 4 is 0 Å². The molecule has 0 aromatic heterocycles. The lowest BCUT2D eigenvalue weighted by Gasteiger charge is -2.49. The van der Waals surface area contributed by atoms with E-state index in [1.54, 1.807) is 7.11 Å². The molecule has 2 N–H and O–H groups in total. The van der Waals surface area contributed by atoms with Crippen LogP contribution in [-0.2, 0) is 4.74 Å². The summed E-state index contributed by atoms with van der Waals surface area (Å²) < 4.78 is 5.46. The lowest BCUT2D eigenvalue weighted by molar-refractivity contribution is -0.0376. The van der Waals surface area contributed by atoms with Crippen molar-refractivity contribution in [3.63, 3.8) is 0 Å². The first kappa shape index (κ1) is 14.9. The molecule has 0 aromatic carbocycles. The molecule has 0 saturated carbocycles. The lowest BCUT2D eigenvalue weighted by atomic mass is 9.82. The molecule has 0 bridgehead atoms. The zero-order valence-electron chi connectivity index (χ0n) is 12.0. The van der Waals surface area contributed by atoms with Gasteiger partial charge in [0.25, 0.3) is 0 Å². The molecule has 102 valence electrons. The Kier molecular flexibility index (Phi) is 5.90. The van der Waals surface area contributed by atoms with E-state index in [1.165, 1.54) is 32.4 Å². The summed E-state index contributed by atoms with van der Waals surface area (Å²) >= 11 is 0. The largest absolute Gasteiger partial charge is 0.383 e. The molecule has 2 atom stereocenters. The maximum atomic E-state index is 6.09. The predicted octanol–water partition coefficient (Wildman–Crippen LogP) is 2.11. The molecule has 0 radical (unpaired) electrons. The van der Waals surface area contributed by atoms with Gasteiger partial charge in [0.2, 0.25) is 0 Å². The Labute approximate surface area is 107 Å². The molecule has 2 unspecified atom stereocenters. The van der Waals surface area contributed by atoms with Gasteiger partial charge in [-0.2, -0.15) is 0 Å². The third kappa shape index (κ3) is 3.21. The van der Waals surface area contributed by atoms with E-state index in [-0.39, 0.29) is 5.54 Å². The zero-order valence-corrected chi connectivity index (χ0v) is 12.0. The smallest absolute Gasteiger partial charge is 0.0661 e. The molecule has 0 aliphatic carbocycles. The highest BCUT2D eigenvalue weighted by atomic mass is 16.5. The van der Waals surface area contributed by atoms with E-state index in [0.29, 0.717) is 12.5 Å². The summed E-state index contributed by atoms with van der Waals surface area (Å²) in [4.78, 5) is 2.60. The summed E-state index contributed by atoms with van der Waals surface area (Å²) in [7, 11) is 1.79. The number of hydrogen-bond donors (Lipinski definition) is 1. The fourth-order valence-electron chi connectivity index (χ4n) is 3.10. The predicted molar refractivity (Wildman–Crippen MR) is 73.1 cm³/mol. The van der Waals surface area contributed by atoms with Gasteiger partial charge in [-0.25, -0.2) is 0 Å². The van der Waals surface area contributed by atoms with Crippen LogP contribution in [0.5, 0.6) is 0 Å². The van der Waals surface area contributed by atoms with Gasteiger partial charge >= 0.3 is 0 Å². The highest BCUT2D eigenvalue weighted by molar-refractivity contribution is 4.96. The second kappa shape index (κ2) is 6.72. The molecule has 1 heterocycles. The van der Waals surface area contributed by atoms with Crippen LogP contribution in [0.2, 0.25) is 0 Å². The van der Waals surface area contributed by atoms with Crippen LogP contribution in [0.3, 0.4) is 0 Å². The van der Waals surface area contributed by atoms with Gasteiger partial charge in [-0.15, -0.1) is 0 Å². The number of nitrogens with zero attached hydrogens (tertiary/aromatic N) is 1. The fraction of sp³-hybridized carbons (Fsp3) is 1.00. The number of hydrogen-bond acceptors (Lipinski definition) is 3. The maximum absolute atomic E-state index is 6.09. The fourth-order valence-corrected chi connectivity index (χ4v) is 3.10. The number of piperidine rings is 1. The Balaban J connectivity index is 2.81. The highest BCUT2D eigenvalue weighted by Gasteiger charge is 2.40. The number of rotatable bonds is 6. The van der Waals surface area contributed by atoms with Gasteiger partial charge in [-0.1, -0.05) is 27.2 Å². The molecule has 1 fully saturated rings. The van der Waals surface area contributed by atoms with Gasteiger partial charge in [0.15, 0.2) is 0 Å². The first-order valence-corrected chi connectivity index (χ1v) is 7.04. The van der Waals surface area contributed by atoms with E-state index in [4.69, 9.17) is 10.5 Å². The van der Waals surface area contributed by atoms with E-state index in [1.807, 2.05) is 0 Å². The van der Waals surface area contributed by atoms with Crippen molar-refractivity contribution in [2.45, 2.75) is 45.6 Å². The minimum Gasteiger partial charge on any atom is -0.383 e.